The Labute approximate surface area is 225 Å². The summed E-state index contributed by atoms with van der Waals surface area (Å²) in [5.41, 5.74) is 20.4. The minimum atomic E-state index is -0.740. The van der Waals surface area contributed by atoms with Crippen molar-refractivity contribution in [3.05, 3.63) is 72.4 Å². The Morgan fingerprint density at radius 3 is 2.32 bits per heavy atom. The maximum atomic E-state index is 13.2. The van der Waals surface area contributed by atoms with E-state index in [2.05, 4.69) is 28.7 Å². The monoisotopic (exact) mass is 520 g/mol. The third-order valence-corrected chi connectivity index (χ3v) is 6.93. The number of hydrogen-bond donors (Lipinski definition) is 5. The van der Waals surface area contributed by atoms with Gasteiger partial charge < -0.3 is 32.3 Å². The summed E-state index contributed by atoms with van der Waals surface area (Å²) in [6.07, 6.45) is 4.08. The molecular weight excluding hydrogens is 478 g/mol. The number of likely N-dealkylation sites (N-methyl/N-ethyl adjacent to an activating group) is 1. The van der Waals surface area contributed by atoms with Crippen molar-refractivity contribution in [3.63, 3.8) is 0 Å². The van der Waals surface area contributed by atoms with Crippen molar-refractivity contribution in [1.82, 2.24) is 10.3 Å². The third-order valence-electron chi connectivity index (χ3n) is 6.93. The summed E-state index contributed by atoms with van der Waals surface area (Å²) >= 11 is 0. The second-order valence-electron chi connectivity index (χ2n) is 10.1. The zero-order valence-electron chi connectivity index (χ0n) is 22.3. The predicted molar refractivity (Wildman–Crippen MR) is 153 cm³/mol. The van der Waals surface area contributed by atoms with Crippen LogP contribution in [-0.4, -0.2) is 73.1 Å². The molecule has 2 aromatic carbocycles. The van der Waals surface area contributed by atoms with Gasteiger partial charge in [-0.25, -0.2) is 0 Å². The predicted octanol–water partition coefficient (Wildman–Crippen LogP) is 1.76. The van der Waals surface area contributed by atoms with Gasteiger partial charge in [0.25, 0.3) is 0 Å². The summed E-state index contributed by atoms with van der Waals surface area (Å²) in [5, 5.41) is 6.85. The normalized spacial score (nSPS) is 13.2. The van der Waals surface area contributed by atoms with Crippen molar-refractivity contribution in [1.29, 1.82) is 0 Å². The first-order valence-electron chi connectivity index (χ1n) is 13.3. The standard InChI is InChI=1S/C29H41N7O2/c1-36(18-15-30,19-16-31)17-7-11-25(32)28(37)35-27(29(38)34-24-9-3-2-4-10-24)14-13-22-20-23-8-5-6-12-26(23)33-21-22/h2-6,8-10,12,20-21,25,27H,7,11,13-19,30-32H2,1H3,(H-,34,35,37,38)/p+1/t25?,27-/m0/s1. The van der Waals surface area contributed by atoms with Crippen molar-refractivity contribution < 1.29 is 14.1 Å². The molecule has 0 saturated carbocycles. The van der Waals surface area contributed by atoms with Crippen molar-refractivity contribution in [2.75, 3.05) is 45.1 Å². The molecule has 0 aliphatic rings. The van der Waals surface area contributed by atoms with Crippen LogP contribution in [0.15, 0.2) is 66.9 Å². The number of nitrogens with zero attached hydrogens (tertiary/aromatic N) is 2. The highest BCUT2D eigenvalue weighted by Gasteiger charge is 2.25. The number of nitrogens with one attached hydrogen (secondary N) is 2. The van der Waals surface area contributed by atoms with E-state index in [0.717, 1.165) is 47.0 Å². The molecule has 0 saturated heterocycles. The van der Waals surface area contributed by atoms with Gasteiger partial charge in [-0.1, -0.05) is 36.4 Å². The van der Waals surface area contributed by atoms with Crippen LogP contribution in [0.2, 0.25) is 0 Å². The maximum absolute atomic E-state index is 13.2. The van der Waals surface area contributed by atoms with Gasteiger partial charge in [0.15, 0.2) is 0 Å². The van der Waals surface area contributed by atoms with Crippen LogP contribution in [0.25, 0.3) is 10.9 Å². The Morgan fingerprint density at radius 2 is 1.61 bits per heavy atom. The Kier molecular flexibility index (Phi) is 11.2. The molecule has 8 N–H and O–H groups in total. The molecule has 3 rings (SSSR count). The molecule has 38 heavy (non-hydrogen) atoms. The molecule has 1 aromatic heterocycles. The SMILES string of the molecule is C[N+](CCN)(CCN)CCCC(N)C(=O)N[C@@H](CCc1cnc2ccccc2c1)C(=O)Nc1ccccc1. The van der Waals surface area contributed by atoms with Crippen LogP contribution in [-0.2, 0) is 16.0 Å². The summed E-state index contributed by atoms with van der Waals surface area (Å²) in [5.74, 6) is -0.609. The van der Waals surface area contributed by atoms with Crippen LogP contribution in [0.4, 0.5) is 5.69 Å². The highest BCUT2D eigenvalue weighted by atomic mass is 16.2. The third kappa shape index (κ3) is 8.88. The van der Waals surface area contributed by atoms with Crippen molar-refractivity contribution in [2.45, 2.75) is 37.8 Å². The number of hydrogen-bond acceptors (Lipinski definition) is 6. The minimum Gasteiger partial charge on any atom is -0.343 e. The van der Waals surface area contributed by atoms with Gasteiger partial charge in [0, 0.05) is 30.4 Å². The van der Waals surface area contributed by atoms with Crippen molar-refractivity contribution in [3.8, 4) is 0 Å². The Morgan fingerprint density at radius 1 is 0.921 bits per heavy atom. The zero-order valence-corrected chi connectivity index (χ0v) is 22.3. The lowest BCUT2D eigenvalue weighted by Crippen LogP contribution is -2.52. The van der Waals surface area contributed by atoms with Crippen LogP contribution in [0.1, 0.15) is 24.8 Å². The van der Waals surface area contributed by atoms with E-state index >= 15 is 0 Å². The van der Waals surface area contributed by atoms with Crippen molar-refractivity contribution in [2.24, 2.45) is 17.2 Å². The molecule has 1 unspecified atom stereocenters. The van der Waals surface area contributed by atoms with Crippen LogP contribution >= 0.6 is 0 Å². The second kappa shape index (κ2) is 14.5. The van der Waals surface area contributed by atoms with Crippen LogP contribution in [0.3, 0.4) is 0 Å². The van der Waals surface area contributed by atoms with Gasteiger partial charge in [-0.15, -0.1) is 0 Å². The topological polar surface area (TPSA) is 149 Å². The van der Waals surface area contributed by atoms with Crippen LogP contribution in [0, 0.1) is 0 Å². The van der Waals surface area contributed by atoms with E-state index in [-0.39, 0.29) is 11.8 Å². The summed E-state index contributed by atoms with van der Waals surface area (Å²) in [7, 11) is 2.12. The first-order valence-corrected chi connectivity index (χ1v) is 13.3. The molecule has 0 aliphatic heterocycles. The zero-order chi connectivity index (χ0) is 27.4. The quantitative estimate of drug-likeness (QED) is 0.193. The average molecular weight is 521 g/mol. The molecule has 2 atom stereocenters. The van der Waals surface area contributed by atoms with Gasteiger partial charge in [-0.3, -0.25) is 14.6 Å². The van der Waals surface area contributed by atoms with Gasteiger partial charge in [0.05, 0.1) is 38.2 Å². The number of anilines is 1. The molecule has 1 heterocycles. The molecule has 0 radical (unpaired) electrons. The molecule has 204 valence electrons. The highest BCUT2D eigenvalue weighted by molar-refractivity contribution is 5.97. The number of quaternary nitrogens is 1. The number of carbonyl (C=O) groups is 2. The minimum absolute atomic E-state index is 0.277. The fourth-order valence-corrected chi connectivity index (χ4v) is 4.65. The molecule has 2 amide bonds. The van der Waals surface area contributed by atoms with Gasteiger partial charge in [0.1, 0.15) is 6.04 Å². The fraction of sp³-hybridized carbons (Fsp3) is 0.414. The molecule has 3 aromatic rings. The van der Waals surface area contributed by atoms with E-state index in [4.69, 9.17) is 17.2 Å². The molecule has 0 spiro atoms. The molecule has 9 heteroatoms. The highest BCUT2D eigenvalue weighted by Crippen LogP contribution is 2.15. The van der Waals surface area contributed by atoms with E-state index in [1.54, 1.807) is 0 Å². The van der Waals surface area contributed by atoms with Gasteiger partial charge in [0.2, 0.25) is 11.8 Å². The maximum Gasteiger partial charge on any atom is 0.246 e. The average Bonchev–Trinajstić information content (AvgIpc) is 2.91. The summed E-state index contributed by atoms with van der Waals surface area (Å²) in [4.78, 5) is 30.7. The second-order valence-corrected chi connectivity index (χ2v) is 10.1. The summed E-state index contributed by atoms with van der Waals surface area (Å²) < 4.78 is 0.753. The lowest BCUT2D eigenvalue weighted by Gasteiger charge is -2.34. The molecule has 9 nitrogen and oxygen atoms in total. The van der Waals surface area contributed by atoms with Gasteiger partial charge in [-0.2, -0.15) is 0 Å². The number of benzene rings is 2. The summed E-state index contributed by atoms with van der Waals surface area (Å²) in [6.45, 7) is 3.64. The molecule has 0 bridgehead atoms. The number of aromatic nitrogens is 1. The molecule has 0 fully saturated rings. The first-order chi connectivity index (χ1) is 18.3. The number of nitrogens with two attached hydrogens (primary N) is 3. The Hall–Kier alpha value is -3.37. The van der Waals surface area contributed by atoms with E-state index < -0.39 is 12.1 Å². The number of fused-ring (bicyclic) bond motifs is 1. The number of rotatable bonds is 15. The fourth-order valence-electron chi connectivity index (χ4n) is 4.65. The van der Waals surface area contributed by atoms with Crippen LogP contribution in [0.5, 0.6) is 0 Å². The number of pyridine rings is 1. The molecular formula is C29H42N7O2+. The van der Waals surface area contributed by atoms with Gasteiger partial charge >= 0.3 is 0 Å². The largest absolute Gasteiger partial charge is 0.343 e. The number of aryl methyl sites for hydroxylation is 1. The summed E-state index contributed by atoms with van der Waals surface area (Å²) in [6, 6.07) is 17.7. The van der Waals surface area contributed by atoms with Gasteiger partial charge in [-0.05, 0) is 55.5 Å². The van der Waals surface area contributed by atoms with Crippen LogP contribution < -0.4 is 27.8 Å². The lowest BCUT2D eigenvalue weighted by molar-refractivity contribution is -0.907. The Balaban J connectivity index is 1.63. The van der Waals surface area contributed by atoms with E-state index in [0.29, 0.717) is 38.0 Å². The number of amides is 2. The Bertz CT molecular complexity index is 1170. The lowest BCUT2D eigenvalue weighted by atomic mass is 10.0. The van der Waals surface area contributed by atoms with Crippen molar-refractivity contribution >= 4 is 28.4 Å². The number of para-hydroxylation sites is 2. The smallest absolute Gasteiger partial charge is 0.246 e. The van der Waals surface area contributed by atoms with E-state index in [1.807, 2.05) is 60.8 Å². The van der Waals surface area contributed by atoms with E-state index in [9.17, 15) is 9.59 Å². The number of carbonyl (C=O) groups excluding carboxylic acids is 2. The first kappa shape index (κ1) is 29.2. The van der Waals surface area contributed by atoms with E-state index in [1.165, 1.54) is 0 Å². The molecule has 0 aliphatic carbocycles.